The number of rotatable bonds is 4. The zero-order chi connectivity index (χ0) is 17.4. The Balaban J connectivity index is 2.24. The quantitative estimate of drug-likeness (QED) is 0.855. The first-order valence-electron chi connectivity index (χ1n) is 8.49. The predicted molar refractivity (Wildman–Crippen MR) is 89.1 cm³/mol. The van der Waals surface area contributed by atoms with Crippen LogP contribution < -0.4 is 0 Å². The Morgan fingerprint density at radius 3 is 1.96 bits per heavy atom. The molecule has 0 spiro atoms. The monoisotopic (exact) mass is 327 g/mol. The van der Waals surface area contributed by atoms with Crippen LogP contribution in [0.5, 0.6) is 0 Å². The smallest absolute Gasteiger partial charge is 0.162 e. The van der Waals surface area contributed by atoms with Gasteiger partial charge in [0.1, 0.15) is 11.9 Å². The van der Waals surface area contributed by atoms with E-state index in [4.69, 9.17) is 14.2 Å². The zero-order valence-electron chi connectivity index (χ0n) is 15.7. The molecule has 1 aliphatic heterocycles. The first kappa shape index (κ1) is 18.6. The molecule has 23 heavy (non-hydrogen) atoms. The van der Waals surface area contributed by atoms with Gasteiger partial charge in [-0.3, -0.25) is 0 Å². The SMILES string of the molecule is COC1=C(OC)C(OC)CC(C2CC(C)(C)N(O)C(C)(C)C2)C1. The summed E-state index contributed by atoms with van der Waals surface area (Å²) in [6.07, 6.45) is 3.70. The minimum Gasteiger partial charge on any atom is -0.497 e. The van der Waals surface area contributed by atoms with E-state index in [9.17, 15) is 5.21 Å². The maximum Gasteiger partial charge on any atom is 0.162 e. The Bertz CT molecular complexity index is 440. The van der Waals surface area contributed by atoms with Gasteiger partial charge >= 0.3 is 0 Å². The van der Waals surface area contributed by atoms with Crippen molar-refractivity contribution in [3.63, 3.8) is 0 Å². The first-order valence-corrected chi connectivity index (χ1v) is 8.49. The molecular formula is C18H33NO4. The van der Waals surface area contributed by atoms with Gasteiger partial charge in [0.15, 0.2) is 5.76 Å². The normalized spacial score (nSPS) is 32.0. The lowest BCUT2D eigenvalue weighted by Gasteiger charge is -2.53. The summed E-state index contributed by atoms with van der Waals surface area (Å²) in [6, 6.07) is 0. The highest BCUT2D eigenvalue weighted by Gasteiger charge is 2.48. The number of nitrogens with zero attached hydrogens (tertiary/aromatic N) is 1. The van der Waals surface area contributed by atoms with Gasteiger partial charge in [-0.1, -0.05) is 0 Å². The van der Waals surface area contributed by atoms with E-state index >= 15 is 0 Å². The van der Waals surface area contributed by atoms with E-state index in [2.05, 4.69) is 27.7 Å². The average molecular weight is 327 g/mol. The van der Waals surface area contributed by atoms with Crippen LogP contribution in [0.2, 0.25) is 0 Å². The van der Waals surface area contributed by atoms with Crippen molar-refractivity contribution in [2.45, 2.75) is 70.6 Å². The summed E-state index contributed by atoms with van der Waals surface area (Å²) in [5, 5.41) is 12.1. The van der Waals surface area contributed by atoms with E-state index in [-0.39, 0.29) is 17.2 Å². The maximum atomic E-state index is 10.5. The van der Waals surface area contributed by atoms with E-state index in [0.717, 1.165) is 37.2 Å². The molecule has 0 aromatic rings. The zero-order valence-corrected chi connectivity index (χ0v) is 15.7. The van der Waals surface area contributed by atoms with Gasteiger partial charge < -0.3 is 19.4 Å². The van der Waals surface area contributed by atoms with Crippen LogP contribution in [-0.2, 0) is 14.2 Å². The molecule has 0 bridgehead atoms. The number of ether oxygens (including phenoxy) is 3. The van der Waals surface area contributed by atoms with Gasteiger partial charge in [-0.2, -0.15) is 5.06 Å². The van der Waals surface area contributed by atoms with Crippen LogP contribution in [-0.4, -0.2) is 48.8 Å². The molecule has 1 N–H and O–H groups in total. The molecule has 2 unspecified atom stereocenters. The lowest BCUT2D eigenvalue weighted by molar-refractivity contribution is -0.255. The van der Waals surface area contributed by atoms with Gasteiger partial charge in [0, 0.05) is 24.6 Å². The molecule has 0 radical (unpaired) electrons. The van der Waals surface area contributed by atoms with Gasteiger partial charge in [0.05, 0.1) is 14.2 Å². The summed E-state index contributed by atoms with van der Waals surface area (Å²) in [6.45, 7) is 8.47. The molecule has 0 saturated carbocycles. The summed E-state index contributed by atoms with van der Waals surface area (Å²) in [7, 11) is 5.11. The number of methoxy groups -OCH3 is 3. The third kappa shape index (κ3) is 3.52. The predicted octanol–water partition coefficient (Wildman–Crippen LogP) is 3.57. The highest BCUT2D eigenvalue weighted by molar-refractivity contribution is 5.14. The molecule has 2 rings (SSSR count). The Morgan fingerprint density at radius 1 is 0.957 bits per heavy atom. The highest BCUT2D eigenvalue weighted by Crippen LogP contribution is 2.47. The average Bonchev–Trinajstić information content (AvgIpc) is 2.50. The lowest BCUT2D eigenvalue weighted by atomic mass is 9.67. The molecule has 2 aliphatic rings. The van der Waals surface area contributed by atoms with Gasteiger partial charge in [-0.15, -0.1) is 0 Å². The fraction of sp³-hybridized carbons (Fsp3) is 0.889. The van der Waals surface area contributed by atoms with Crippen LogP contribution in [0.25, 0.3) is 0 Å². The van der Waals surface area contributed by atoms with Crippen LogP contribution in [0, 0.1) is 11.8 Å². The van der Waals surface area contributed by atoms with Crippen LogP contribution in [0.3, 0.4) is 0 Å². The standard InChI is InChI=1S/C18H33NO4/c1-17(2)10-13(11-18(3,4)19(17)20)12-8-14(21-5)16(23-7)15(9-12)22-6/h12-14,20H,8-11H2,1-7H3. The first-order chi connectivity index (χ1) is 10.7. The number of hydrogen-bond donors (Lipinski definition) is 1. The van der Waals surface area contributed by atoms with Crippen molar-refractivity contribution in [3.05, 3.63) is 11.5 Å². The molecule has 1 aliphatic carbocycles. The van der Waals surface area contributed by atoms with Crippen molar-refractivity contribution in [2.24, 2.45) is 11.8 Å². The largest absolute Gasteiger partial charge is 0.497 e. The van der Waals surface area contributed by atoms with E-state index in [1.165, 1.54) is 0 Å². The third-order valence-corrected chi connectivity index (χ3v) is 5.62. The van der Waals surface area contributed by atoms with E-state index in [1.54, 1.807) is 26.4 Å². The van der Waals surface area contributed by atoms with Gasteiger partial charge in [-0.05, 0) is 58.8 Å². The Morgan fingerprint density at radius 2 is 1.52 bits per heavy atom. The maximum absolute atomic E-state index is 10.5. The van der Waals surface area contributed by atoms with Crippen LogP contribution in [0.15, 0.2) is 11.5 Å². The van der Waals surface area contributed by atoms with Crippen molar-refractivity contribution in [2.75, 3.05) is 21.3 Å². The Kier molecular flexibility index (Phi) is 5.34. The summed E-state index contributed by atoms with van der Waals surface area (Å²) < 4.78 is 16.8. The minimum absolute atomic E-state index is 0.0490. The van der Waals surface area contributed by atoms with Crippen molar-refractivity contribution in [3.8, 4) is 0 Å². The van der Waals surface area contributed by atoms with Crippen molar-refractivity contribution >= 4 is 0 Å². The molecule has 5 heteroatoms. The Labute approximate surface area is 140 Å². The van der Waals surface area contributed by atoms with Crippen molar-refractivity contribution in [1.82, 2.24) is 5.06 Å². The molecule has 1 heterocycles. The molecule has 134 valence electrons. The number of allylic oxidation sites excluding steroid dienone is 1. The van der Waals surface area contributed by atoms with Gasteiger partial charge in [-0.25, -0.2) is 0 Å². The molecule has 1 saturated heterocycles. The molecule has 0 aromatic heterocycles. The van der Waals surface area contributed by atoms with Crippen LogP contribution >= 0.6 is 0 Å². The number of piperidine rings is 1. The summed E-state index contributed by atoms with van der Waals surface area (Å²) in [5.74, 6) is 2.72. The second kappa shape index (κ2) is 6.61. The van der Waals surface area contributed by atoms with Crippen molar-refractivity contribution < 1.29 is 19.4 Å². The van der Waals surface area contributed by atoms with Crippen LogP contribution in [0.4, 0.5) is 0 Å². The third-order valence-electron chi connectivity index (χ3n) is 5.62. The molecule has 2 atom stereocenters. The summed E-state index contributed by atoms with van der Waals surface area (Å²) >= 11 is 0. The number of hydrogen-bond acceptors (Lipinski definition) is 5. The summed E-state index contributed by atoms with van der Waals surface area (Å²) in [5.41, 5.74) is -0.457. The highest BCUT2D eigenvalue weighted by atomic mass is 16.5. The fourth-order valence-corrected chi connectivity index (χ4v) is 4.66. The Hall–Kier alpha value is -0.780. The van der Waals surface area contributed by atoms with E-state index < -0.39 is 0 Å². The van der Waals surface area contributed by atoms with Crippen molar-refractivity contribution in [1.29, 1.82) is 0 Å². The van der Waals surface area contributed by atoms with Gasteiger partial charge in [0.25, 0.3) is 0 Å². The lowest BCUT2D eigenvalue weighted by Crippen LogP contribution is -2.60. The topological polar surface area (TPSA) is 51.2 Å². The fourth-order valence-electron chi connectivity index (χ4n) is 4.66. The van der Waals surface area contributed by atoms with E-state index in [1.807, 2.05) is 0 Å². The van der Waals surface area contributed by atoms with E-state index in [0.29, 0.717) is 11.8 Å². The molecular weight excluding hydrogens is 294 g/mol. The summed E-state index contributed by atoms with van der Waals surface area (Å²) in [4.78, 5) is 0. The van der Waals surface area contributed by atoms with Crippen LogP contribution in [0.1, 0.15) is 53.4 Å². The molecule has 5 nitrogen and oxygen atoms in total. The molecule has 1 fully saturated rings. The van der Waals surface area contributed by atoms with Gasteiger partial charge in [0.2, 0.25) is 0 Å². The second-order valence-electron chi connectivity index (χ2n) is 8.22. The minimum atomic E-state index is -0.229. The number of hydroxylamine groups is 2. The molecule has 0 aromatic carbocycles. The second-order valence-corrected chi connectivity index (χ2v) is 8.22. The molecule has 0 amide bonds.